The summed E-state index contributed by atoms with van der Waals surface area (Å²) in [5, 5.41) is 27.7. The van der Waals surface area contributed by atoms with Crippen molar-refractivity contribution in [1.82, 2.24) is 5.32 Å². The molecule has 0 fully saturated rings. The number of methoxy groups -OCH3 is 1. The van der Waals surface area contributed by atoms with Crippen molar-refractivity contribution in [3.05, 3.63) is 28.3 Å². The average Bonchev–Trinajstić information content (AvgIpc) is 2.32. The Morgan fingerprint density at radius 2 is 2.28 bits per heavy atom. The Kier molecular flexibility index (Phi) is 5.28. The molecule has 0 heterocycles. The molecule has 0 unspecified atom stereocenters. The first kappa shape index (κ1) is 14.1. The molecular weight excluding hydrogens is 258 g/mol. The van der Waals surface area contributed by atoms with Gasteiger partial charge in [-0.05, 0) is 12.2 Å². The zero-order valence-corrected chi connectivity index (χ0v) is 10.5. The molecule has 18 heavy (non-hydrogen) atoms. The zero-order valence-electron chi connectivity index (χ0n) is 9.63. The molecule has 8 heteroatoms. The molecule has 0 spiro atoms. The fourth-order valence-electron chi connectivity index (χ4n) is 1.16. The highest BCUT2D eigenvalue weighted by atomic mass is 32.1. The maximum absolute atomic E-state index is 11.5. The van der Waals surface area contributed by atoms with Crippen molar-refractivity contribution >= 4 is 28.7 Å². The Balaban J connectivity index is 2.68. The van der Waals surface area contributed by atoms with Crippen LogP contribution < -0.4 is 15.7 Å². The van der Waals surface area contributed by atoms with Crippen LogP contribution in [0.1, 0.15) is 0 Å². The molecule has 0 aliphatic rings. The third-order valence-corrected chi connectivity index (χ3v) is 2.26. The van der Waals surface area contributed by atoms with Gasteiger partial charge in [-0.3, -0.25) is 10.1 Å². The number of nitro benzene ring substituents is 1. The molecule has 0 bridgehead atoms. The Morgan fingerprint density at radius 3 is 2.89 bits per heavy atom. The van der Waals surface area contributed by atoms with Crippen LogP contribution in [0.3, 0.4) is 0 Å². The number of thiocarbonyl (C=S) groups is 1. The molecular formula is C10H12N3O4S-. The summed E-state index contributed by atoms with van der Waals surface area (Å²) >= 11 is 4.93. The zero-order chi connectivity index (χ0) is 13.5. The maximum atomic E-state index is 11.5. The molecule has 0 radical (unpaired) electrons. The lowest BCUT2D eigenvalue weighted by Crippen LogP contribution is -2.31. The van der Waals surface area contributed by atoms with Gasteiger partial charge in [-0.25, -0.2) is 0 Å². The van der Waals surface area contributed by atoms with Crippen molar-refractivity contribution in [2.24, 2.45) is 0 Å². The third kappa shape index (κ3) is 4.15. The van der Waals surface area contributed by atoms with Gasteiger partial charge in [0.1, 0.15) is 0 Å². The van der Waals surface area contributed by atoms with E-state index in [0.717, 1.165) is 18.2 Å². The summed E-state index contributed by atoms with van der Waals surface area (Å²) in [6.07, 6.45) is 0. The number of non-ortho nitro benzene ring substituents is 1. The molecule has 98 valence electrons. The Morgan fingerprint density at radius 1 is 1.56 bits per heavy atom. The van der Waals surface area contributed by atoms with Crippen molar-refractivity contribution in [2.75, 3.05) is 25.6 Å². The number of rotatable bonds is 5. The minimum Gasteiger partial charge on any atom is -0.871 e. The second-order valence-corrected chi connectivity index (χ2v) is 3.72. The number of hydrogen-bond acceptors (Lipinski definition) is 5. The van der Waals surface area contributed by atoms with Gasteiger partial charge in [0, 0.05) is 31.5 Å². The van der Waals surface area contributed by atoms with E-state index >= 15 is 0 Å². The number of benzene rings is 1. The summed E-state index contributed by atoms with van der Waals surface area (Å²) < 4.78 is 4.82. The molecule has 0 saturated carbocycles. The standard InChI is InChI=1S/C10H13N3O4S/c1-17-5-4-11-10(18)12-8-6-7(13(15)16)2-3-9(8)14/h2-3,6,14H,4-5H2,1H3,(H2,11,12,18)/p-1. The van der Waals surface area contributed by atoms with Crippen LogP contribution >= 0.6 is 12.2 Å². The molecule has 0 amide bonds. The van der Waals surface area contributed by atoms with E-state index in [2.05, 4.69) is 10.6 Å². The molecule has 0 aromatic heterocycles. The number of ether oxygens (including phenoxy) is 1. The van der Waals surface area contributed by atoms with E-state index in [4.69, 9.17) is 17.0 Å². The lowest BCUT2D eigenvalue weighted by Gasteiger charge is -2.16. The van der Waals surface area contributed by atoms with E-state index in [9.17, 15) is 15.2 Å². The second kappa shape index (κ2) is 6.72. The normalized spacial score (nSPS) is 9.83. The topological polar surface area (TPSA) is 99.5 Å². The van der Waals surface area contributed by atoms with E-state index in [1.807, 2.05) is 0 Å². The summed E-state index contributed by atoms with van der Waals surface area (Å²) in [5.41, 5.74) is -0.101. The van der Waals surface area contributed by atoms with Gasteiger partial charge >= 0.3 is 0 Å². The lowest BCUT2D eigenvalue weighted by molar-refractivity contribution is -0.385. The Bertz CT molecular complexity index is 453. The van der Waals surface area contributed by atoms with Crippen LogP contribution in [0, 0.1) is 10.1 Å². The predicted octanol–water partition coefficient (Wildman–Crippen LogP) is 0.601. The van der Waals surface area contributed by atoms with Crippen LogP contribution in [0.4, 0.5) is 11.4 Å². The molecule has 0 aliphatic heterocycles. The Labute approximate surface area is 109 Å². The van der Waals surface area contributed by atoms with E-state index in [-0.39, 0.29) is 22.2 Å². The van der Waals surface area contributed by atoms with E-state index in [0.29, 0.717) is 13.2 Å². The molecule has 1 rings (SSSR count). The molecule has 7 nitrogen and oxygen atoms in total. The first-order valence-corrected chi connectivity index (χ1v) is 5.44. The van der Waals surface area contributed by atoms with Crippen molar-refractivity contribution in [3.8, 4) is 5.75 Å². The van der Waals surface area contributed by atoms with Gasteiger partial charge in [-0.1, -0.05) is 11.8 Å². The molecule has 1 aromatic rings. The number of nitro groups is 1. The number of anilines is 1. The maximum Gasteiger partial charge on any atom is 0.271 e. The highest BCUT2D eigenvalue weighted by Gasteiger charge is 2.07. The molecule has 0 atom stereocenters. The van der Waals surface area contributed by atoms with E-state index < -0.39 is 4.92 Å². The molecule has 1 aromatic carbocycles. The van der Waals surface area contributed by atoms with Crippen molar-refractivity contribution < 1.29 is 14.8 Å². The van der Waals surface area contributed by atoms with Crippen LogP contribution in [0.25, 0.3) is 0 Å². The number of hydrogen-bond donors (Lipinski definition) is 2. The van der Waals surface area contributed by atoms with Gasteiger partial charge in [0.2, 0.25) is 0 Å². The van der Waals surface area contributed by atoms with Crippen LogP contribution in [-0.2, 0) is 4.74 Å². The van der Waals surface area contributed by atoms with E-state index in [1.54, 1.807) is 7.11 Å². The first-order chi connectivity index (χ1) is 8.54. The van der Waals surface area contributed by atoms with Crippen molar-refractivity contribution in [1.29, 1.82) is 0 Å². The van der Waals surface area contributed by atoms with Gasteiger partial charge < -0.3 is 20.5 Å². The summed E-state index contributed by atoms with van der Waals surface area (Å²) in [5.74, 6) is -0.364. The average molecular weight is 270 g/mol. The van der Waals surface area contributed by atoms with Gasteiger partial charge in [0.05, 0.1) is 11.5 Å². The molecule has 0 saturated heterocycles. The summed E-state index contributed by atoms with van der Waals surface area (Å²) in [4.78, 5) is 9.99. The van der Waals surface area contributed by atoms with Crippen molar-refractivity contribution in [3.63, 3.8) is 0 Å². The highest BCUT2D eigenvalue weighted by molar-refractivity contribution is 7.80. The van der Waals surface area contributed by atoms with Crippen LogP contribution in [0.5, 0.6) is 5.75 Å². The fraction of sp³-hybridized carbons (Fsp3) is 0.300. The van der Waals surface area contributed by atoms with Gasteiger partial charge in [-0.15, -0.1) is 0 Å². The number of nitrogens with zero attached hydrogens (tertiary/aromatic N) is 1. The second-order valence-electron chi connectivity index (χ2n) is 3.31. The summed E-state index contributed by atoms with van der Waals surface area (Å²) in [6.45, 7) is 0.937. The SMILES string of the molecule is COCCNC(=S)Nc1cc([N+](=O)[O-])ccc1[O-]. The largest absolute Gasteiger partial charge is 0.871 e. The van der Waals surface area contributed by atoms with Crippen LogP contribution in [0.15, 0.2) is 18.2 Å². The number of nitrogens with one attached hydrogen (secondary N) is 2. The smallest absolute Gasteiger partial charge is 0.271 e. The minimum absolute atomic E-state index is 0.0686. The van der Waals surface area contributed by atoms with Gasteiger partial charge in [-0.2, -0.15) is 0 Å². The monoisotopic (exact) mass is 270 g/mol. The van der Waals surface area contributed by atoms with Crippen LogP contribution in [-0.4, -0.2) is 30.3 Å². The summed E-state index contributed by atoms with van der Waals surface area (Å²) in [7, 11) is 1.55. The fourth-order valence-corrected chi connectivity index (χ4v) is 1.37. The highest BCUT2D eigenvalue weighted by Crippen LogP contribution is 2.25. The quantitative estimate of drug-likeness (QED) is 0.350. The first-order valence-electron chi connectivity index (χ1n) is 5.04. The van der Waals surface area contributed by atoms with Crippen LogP contribution in [0.2, 0.25) is 0 Å². The van der Waals surface area contributed by atoms with E-state index in [1.165, 1.54) is 0 Å². The van der Waals surface area contributed by atoms with Gasteiger partial charge in [0.15, 0.2) is 5.11 Å². The summed E-state index contributed by atoms with van der Waals surface area (Å²) in [6, 6.07) is 3.42. The molecule has 2 N–H and O–H groups in total. The third-order valence-electron chi connectivity index (χ3n) is 2.01. The molecule has 0 aliphatic carbocycles. The van der Waals surface area contributed by atoms with Crippen molar-refractivity contribution in [2.45, 2.75) is 0 Å². The predicted molar refractivity (Wildman–Crippen MR) is 68.6 cm³/mol. The lowest BCUT2D eigenvalue weighted by atomic mass is 10.2. The van der Waals surface area contributed by atoms with Gasteiger partial charge in [0.25, 0.3) is 5.69 Å². The Hall–Kier alpha value is -1.93. The minimum atomic E-state index is -0.577.